The molecule has 6 aliphatic rings. The van der Waals surface area contributed by atoms with Crippen LogP contribution in [-0.4, -0.2) is 47.0 Å². The molecule has 5 nitrogen and oxygen atoms in total. The Balaban J connectivity index is 1.39. The van der Waals surface area contributed by atoms with E-state index in [1.165, 1.54) is 24.8 Å². The van der Waals surface area contributed by atoms with Gasteiger partial charge in [-0.15, -0.1) is 0 Å². The van der Waals surface area contributed by atoms with Crippen LogP contribution in [0.4, 0.5) is 0 Å². The Morgan fingerprint density at radius 3 is 2.94 bits per heavy atom. The van der Waals surface area contributed by atoms with Gasteiger partial charge in [0.1, 0.15) is 0 Å². The number of ketones is 1. The van der Waals surface area contributed by atoms with Crippen LogP contribution in [0.15, 0.2) is 28.3 Å². The molecule has 35 heavy (non-hydrogen) atoms. The molecular weight excluding hydrogens is 474 g/mol. The summed E-state index contributed by atoms with van der Waals surface area (Å²) in [6, 6.07) is 0. The summed E-state index contributed by atoms with van der Waals surface area (Å²) in [4.78, 5) is 18.5. The number of nitrogens with two attached hydrogens (primary N) is 1. The number of hydrogen-bond donors (Lipinski definition) is 3. The van der Waals surface area contributed by atoms with E-state index in [0.717, 1.165) is 63.0 Å². The first-order valence-corrected chi connectivity index (χ1v) is 16.3. The number of aliphatic hydroxyl groups is 1. The summed E-state index contributed by atoms with van der Waals surface area (Å²) in [5.74, 6) is 5.00. The second-order valence-corrected chi connectivity index (χ2v) is 14.8. The number of allylic oxidation sites excluding steroid dienone is 4. The summed E-state index contributed by atoms with van der Waals surface area (Å²) in [6.45, 7) is 3.62. The van der Waals surface area contributed by atoms with Crippen LogP contribution in [-0.2, 0) is 4.79 Å². The number of aliphatic hydroxyl groups excluding tert-OH is 1. The predicted octanol–water partition coefficient (Wildman–Crippen LogP) is 4.87. The normalized spacial score (nSPS) is 45.0. The van der Waals surface area contributed by atoms with E-state index in [4.69, 9.17) is 5.73 Å². The van der Waals surface area contributed by atoms with Gasteiger partial charge >= 0.3 is 0 Å². The SMILES string of the molecule is CC12CCSSCC3(CCCC4=C5CC1CCC1C(CCCO)C=CC(C4=O)C512)CCN=C(N)N3. The fourth-order valence-corrected chi connectivity index (χ4v) is 12.2. The topological polar surface area (TPSA) is 87.7 Å². The molecule has 6 rings (SSSR count). The molecular formula is C28H41N3O2S2. The Hall–Kier alpha value is -0.920. The lowest BCUT2D eigenvalue weighted by molar-refractivity contribution is -0.130. The average molecular weight is 516 g/mol. The highest BCUT2D eigenvalue weighted by molar-refractivity contribution is 8.76. The lowest BCUT2D eigenvalue weighted by atomic mass is 9.44. The van der Waals surface area contributed by atoms with Gasteiger partial charge in [0.2, 0.25) is 0 Å². The van der Waals surface area contributed by atoms with E-state index in [1.54, 1.807) is 5.57 Å². The van der Waals surface area contributed by atoms with Gasteiger partial charge in [-0.05, 0) is 93.0 Å². The van der Waals surface area contributed by atoms with Gasteiger partial charge in [0, 0.05) is 30.1 Å². The van der Waals surface area contributed by atoms with E-state index in [1.807, 2.05) is 21.6 Å². The second-order valence-electron chi connectivity index (χ2n) is 12.2. The average Bonchev–Trinajstić information content (AvgIpc) is 3.11. The molecule has 5 bridgehead atoms. The number of carbonyl (C=O) groups excluding carboxylic acids is 1. The van der Waals surface area contributed by atoms with Crippen LogP contribution in [0.2, 0.25) is 0 Å². The molecule has 4 N–H and O–H groups in total. The molecule has 0 radical (unpaired) electrons. The van der Waals surface area contributed by atoms with E-state index < -0.39 is 0 Å². The summed E-state index contributed by atoms with van der Waals surface area (Å²) in [7, 11) is 4.04. The van der Waals surface area contributed by atoms with Crippen molar-refractivity contribution in [3.63, 3.8) is 0 Å². The number of guanidine groups is 1. The molecule has 0 aromatic rings. The maximum Gasteiger partial charge on any atom is 0.189 e. The molecule has 0 aromatic heterocycles. The molecule has 192 valence electrons. The molecule has 0 aromatic carbocycles. The van der Waals surface area contributed by atoms with Crippen LogP contribution in [0.25, 0.3) is 0 Å². The standard InChI is InChI=1S/C28H41N3O2S2/c1-26-12-15-34-35-17-27(11-13-30-25(29)31-27)10-2-5-20-23-16-19(26)7-9-21-18(4-3-14-32)6-8-22(24(20)33)28(21,23)26/h6,8,18-19,21-22,32H,2-5,7,9-17H2,1H3,(H3,29,30,31). The number of aliphatic imine (C=N–C) groups is 1. The maximum absolute atomic E-state index is 14.1. The van der Waals surface area contributed by atoms with Gasteiger partial charge in [-0.25, -0.2) is 0 Å². The van der Waals surface area contributed by atoms with Gasteiger partial charge in [-0.1, -0.05) is 46.2 Å². The highest BCUT2D eigenvalue weighted by atomic mass is 33.1. The zero-order valence-electron chi connectivity index (χ0n) is 21.1. The molecule has 0 saturated heterocycles. The Labute approximate surface area is 218 Å². The summed E-state index contributed by atoms with van der Waals surface area (Å²) in [5, 5.41) is 13.1. The number of hydrogen-bond acceptors (Lipinski definition) is 7. The molecule has 2 aliphatic heterocycles. The summed E-state index contributed by atoms with van der Waals surface area (Å²) in [6.07, 6.45) is 15.5. The quantitative estimate of drug-likeness (QED) is 0.367. The van der Waals surface area contributed by atoms with Crippen LogP contribution < -0.4 is 11.1 Å². The van der Waals surface area contributed by atoms with Crippen molar-refractivity contribution in [1.29, 1.82) is 0 Å². The van der Waals surface area contributed by atoms with Crippen molar-refractivity contribution >= 4 is 33.3 Å². The van der Waals surface area contributed by atoms with Crippen molar-refractivity contribution < 1.29 is 9.90 Å². The lowest BCUT2D eigenvalue weighted by Crippen LogP contribution is -2.56. The van der Waals surface area contributed by atoms with Crippen molar-refractivity contribution in [2.75, 3.05) is 24.7 Å². The first kappa shape index (κ1) is 24.4. The van der Waals surface area contributed by atoms with Crippen LogP contribution in [0.3, 0.4) is 0 Å². The van der Waals surface area contributed by atoms with Gasteiger partial charge in [-0.2, -0.15) is 0 Å². The maximum atomic E-state index is 14.1. The molecule has 2 saturated carbocycles. The first-order valence-electron chi connectivity index (χ1n) is 13.8. The van der Waals surface area contributed by atoms with Crippen molar-refractivity contribution in [2.45, 2.75) is 76.7 Å². The van der Waals surface area contributed by atoms with E-state index >= 15 is 0 Å². The van der Waals surface area contributed by atoms with Crippen molar-refractivity contribution in [2.24, 2.45) is 45.2 Å². The molecule has 0 amide bonds. The van der Waals surface area contributed by atoms with Gasteiger partial charge in [0.15, 0.2) is 11.7 Å². The summed E-state index contributed by atoms with van der Waals surface area (Å²) < 4.78 is 0. The largest absolute Gasteiger partial charge is 0.396 e. The fourth-order valence-electron chi connectivity index (χ4n) is 9.38. The Morgan fingerprint density at radius 1 is 1.23 bits per heavy atom. The molecule has 4 aliphatic carbocycles. The Kier molecular flexibility index (Phi) is 6.37. The second kappa shape index (κ2) is 9.13. The van der Waals surface area contributed by atoms with Crippen LogP contribution in [0.1, 0.15) is 71.1 Å². The third kappa shape index (κ3) is 3.53. The van der Waals surface area contributed by atoms with E-state index in [2.05, 4.69) is 29.4 Å². The predicted molar refractivity (Wildman–Crippen MR) is 146 cm³/mol. The summed E-state index contributed by atoms with van der Waals surface area (Å²) >= 11 is 0. The van der Waals surface area contributed by atoms with E-state index in [-0.39, 0.29) is 28.9 Å². The molecule has 7 unspecified atom stereocenters. The van der Waals surface area contributed by atoms with Gasteiger partial charge in [0.05, 0.1) is 11.5 Å². The lowest BCUT2D eigenvalue weighted by Gasteiger charge is -2.59. The smallest absolute Gasteiger partial charge is 0.189 e. The number of Topliss-reactive ketones (excluding diaryl/α,β-unsaturated/α-hetero) is 1. The van der Waals surface area contributed by atoms with E-state index in [0.29, 0.717) is 29.5 Å². The third-order valence-electron chi connectivity index (χ3n) is 10.9. The monoisotopic (exact) mass is 515 g/mol. The molecule has 7 heteroatoms. The highest BCUT2D eigenvalue weighted by Crippen LogP contribution is 2.77. The fraction of sp³-hybridized carbons (Fsp3) is 0.786. The molecule has 2 fully saturated rings. The first-order chi connectivity index (χ1) is 17.0. The minimum Gasteiger partial charge on any atom is -0.396 e. The number of nitrogens with one attached hydrogen (secondary N) is 1. The Morgan fingerprint density at radius 2 is 2.11 bits per heavy atom. The zero-order chi connectivity index (χ0) is 24.3. The van der Waals surface area contributed by atoms with Crippen LogP contribution in [0, 0.1) is 34.5 Å². The Bertz CT molecular complexity index is 979. The van der Waals surface area contributed by atoms with Gasteiger partial charge in [-0.3, -0.25) is 9.79 Å². The summed E-state index contributed by atoms with van der Waals surface area (Å²) in [5.41, 5.74) is 9.11. The number of rotatable bonds is 3. The van der Waals surface area contributed by atoms with Crippen molar-refractivity contribution in [1.82, 2.24) is 5.32 Å². The highest BCUT2D eigenvalue weighted by Gasteiger charge is 2.73. The molecule has 2 heterocycles. The van der Waals surface area contributed by atoms with E-state index in [9.17, 15) is 9.90 Å². The van der Waals surface area contributed by atoms with Crippen molar-refractivity contribution in [3.8, 4) is 0 Å². The molecule has 7 atom stereocenters. The van der Waals surface area contributed by atoms with Gasteiger partial charge < -0.3 is 16.2 Å². The van der Waals surface area contributed by atoms with Crippen molar-refractivity contribution in [3.05, 3.63) is 23.3 Å². The van der Waals surface area contributed by atoms with Crippen LogP contribution in [0.5, 0.6) is 0 Å². The third-order valence-corrected chi connectivity index (χ3v) is 13.4. The minimum atomic E-state index is -0.00782. The minimum absolute atomic E-state index is 0.00782. The zero-order valence-corrected chi connectivity index (χ0v) is 22.7. The number of nitrogens with zero attached hydrogens (tertiary/aromatic N) is 1. The van der Waals surface area contributed by atoms with Gasteiger partial charge in [0.25, 0.3) is 0 Å². The van der Waals surface area contributed by atoms with Crippen LogP contribution >= 0.6 is 21.6 Å². The number of carbonyl (C=O) groups is 1. The molecule has 2 spiro atoms.